The smallest absolute Gasteiger partial charge is 0.164 e. The molecule has 0 saturated carbocycles. The van der Waals surface area contributed by atoms with Gasteiger partial charge in [0.25, 0.3) is 0 Å². The summed E-state index contributed by atoms with van der Waals surface area (Å²) in [6.45, 7) is 9.64. The lowest BCUT2D eigenvalue weighted by molar-refractivity contribution is 0.332. The van der Waals surface area contributed by atoms with E-state index in [4.69, 9.17) is 15.0 Å². The Morgan fingerprint density at radius 3 is 1.81 bits per heavy atom. The molecule has 10 rings (SSSR count). The highest BCUT2D eigenvalue weighted by Crippen LogP contribution is 2.49. The third-order valence-electron chi connectivity index (χ3n) is 11.7. The predicted octanol–water partition coefficient (Wildman–Crippen LogP) is 12.6. The first-order chi connectivity index (χ1) is 25.7. The molecule has 2 aromatic heterocycles. The zero-order valence-electron chi connectivity index (χ0n) is 30.6. The first kappa shape index (κ1) is 31.6. The van der Waals surface area contributed by atoms with Crippen LogP contribution in [0.15, 0.2) is 146 Å². The highest BCUT2D eigenvalue weighted by atomic mass is 15.0. The highest BCUT2D eigenvalue weighted by Gasteiger charge is 2.38. The van der Waals surface area contributed by atoms with Crippen molar-refractivity contribution in [3.63, 3.8) is 0 Å². The molecule has 0 atom stereocenters. The van der Waals surface area contributed by atoms with Gasteiger partial charge in [0.1, 0.15) is 0 Å². The van der Waals surface area contributed by atoms with Gasteiger partial charge in [-0.15, -0.1) is 0 Å². The van der Waals surface area contributed by atoms with Gasteiger partial charge < -0.3 is 4.57 Å². The molecule has 4 heteroatoms. The Kier molecular flexibility index (Phi) is 6.97. The molecule has 7 aromatic carbocycles. The average Bonchev–Trinajstić information content (AvgIpc) is 3.52. The Morgan fingerprint density at radius 2 is 1.04 bits per heavy atom. The molecule has 0 fully saturated rings. The van der Waals surface area contributed by atoms with Gasteiger partial charge in [0, 0.05) is 32.8 Å². The molecule has 9 aromatic rings. The van der Waals surface area contributed by atoms with Gasteiger partial charge in [-0.1, -0.05) is 137 Å². The van der Waals surface area contributed by atoms with Crippen molar-refractivity contribution >= 4 is 43.4 Å². The van der Waals surface area contributed by atoms with E-state index < -0.39 is 0 Å². The molecule has 0 saturated heterocycles. The lowest BCUT2D eigenvalue weighted by atomic mass is 9.63. The summed E-state index contributed by atoms with van der Waals surface area (Å²) in [7, 11) is 0. The molecule has 0 aliphatic heterocycles. The molecule has 1 aliphatic rings. The van der Waals surface area contributed by atoms with Crippen LogP contribution < -0.4 is 0 Å². The standard InChI is InChI=1S/C49H40N4/c1-48(2)26-27-49(3,4)41-30-44-39(29-40(41)48)37-20-12-13-21-42(37)53(44)43-25-24-38(35-18-10-11-19-36(35)43)47-51-45(32-15-6-5-7-16-32)50-46(52-47)34-23-22-31-14-8-9-17-33(31)28-34/h5-25,28-30H,26-27H2,1-4H3. The van der Waals surface area contributed by atoms with E-state index in [9.17, 15) is 0 Å². The van der Waals surface area contributed by atoms with Crippen LogP contribution >= 0.6 is 0 Å². The second-order valence-corrected chi connectivity index (χ2v) is 15.9. The van der Waals surface area contributed by atoms with Gasteiger partial charge in [-0.25, -0.2) is 15.0 Å². The highest BCUT2D eigenvalue weighted by molar-refractivity contribution is 6.12. The fourth-order valence-corrected chi connectivity index (χ4v) is 8.63. The summed E-state index contributed by atoms with van der Waals surface area (Å²) in [6, 6.07) is 52.1. The van der Waals surface area contributed by atoms with E-state index in [-0.39, 0.29) is 10.8 Å². The second kappa shape index (κ2) is 11.7. The third-order valence-corrected chi connectivity index (χ3v) is 11.7. The molecule has 0 amide bonds. The van der Waals surface area contributed by atoms with Gasteiger partial charge in [0.05, 0.1) is 16.7 Å². The maximum atomic E-state index is 5.20. The molecule has 256 valence electrons. The van der Waals surface area contributed by atoms with E-state index >= 15 is 0 Å². The second-order valence-electron chi connectivity index (χ2n) is 15.9. The number of nitrogens with zero attached hydrogens (tertiary/aromatic N) is 4. The number of fused-ring (bicyclic) bond motifs is 6. The normalized spacial score (nSPS) is 14.9. The number of aromatic nitrogens is 4. The third kappa shape index (κ3) is 5.08. The quantitative estimate of drug-likeness (QED) is 0.185. The number of rotatable bonds is 4. The van der Waals surface area contributed by atoms with Crippen molar-refractivity contribution in [3.8, 4) is 39.9 Å². The minimum atomic E-state index is 0.101. The largest absolute Gasteiger partial charge is 0.309 e. The molecule has 2 heterocycles. The minimum absolute atomic E-state index is 0.101. The van der Waals surface area contributed by atoms with Crippen molar-refractivity contribution < 1.29 is 0 Å². The van der Waals surface area contributed by atoms with E-state index in [0.29, 0.717) is 17.5 Å². The van der Waals surface area contributed by atoms with Crippen LogP contribution in [0.1, 0.15) is 51.7 Å². The summed E-state index contributed by atoms with van der Waals surface area (Å²) in [4.78, 5) is 15.4. The molecule has 0 N–H and O–H groups in total. The molecule has 0 bridgehead atoms. The van der Waals surface area contributed by atoms with Crippen LogP contribution in [0, 0.1) is 0 Å². The van der Waals surface area contributed by atoms with Gasteiger partial charge in [0.2, 0.25) is 0 Å². The number of benzene rings is 7. The van der Waals surface area contributed by atoms with E-state index in [1.807, 2.05) is 18.2 Å². The molecule has 53 heavy (non-hydrogen) atoms. The van der Waals surface area contributed by atoms with Crippen LogP contribution in [0.2, 0.25) is 0 Å². The Bertz CT molecular complexity index is 2900. The zero-order chi connectivity index (χ0) is 35.9. The lowest BCUT2D eigenvalue weighted by Gasteiger charge is -2.42. The fourth-order valence-electron chi connectivity index (χ4n) is 8.63. The maximum absolute atomic E-state index is 5.20. The molecule has 0 spiro atoms. The van der Waals surface area contributed by atoms with Gasteiger partial charge in [0.15, 0.2) is 17.5 Å². The summed E-state index contributed by atoms with van der Waals surface area (Å²) in [5, 5.41) is 7.19. The van der Waals surface area contributed by atoms with Crippen molar-refractivity contribution in [1.82, 2.24) is 19.5 Å². The van der Waals surface area contributed by atoms with Crippen LogP contribution in [0.4, 0.5) is 0 Å². The Hall–Kier alpha value is -6.13. The van der Waals surface area contributed by atoms with Crippen LogP contribution in [0.3, 0.4) is 0 Å². The van der Waals surface area contributed by atoms with Crippen LogP contribution in [0.25, 0.3) is 83.2 Å². The fraction of sp³-hybridized carbons (Fsp3) is 0.163. The topological polar surface area (TPSA) is 43.6 Å². The summed E-state index contributed by atoms with van der Waals surface area (Å²) in [5.41, 5.74) is 9.69. The summed E-state index contributed by atoms with van der Waals surface area (Å²) < 4.78 is 2.48. The number of hydrogen-bond acceptors (Lipinski definition) is 3. The average molecular weight is 685 g/mol. The first-order valence-corrected chi connectivity index (χ1v) is 18.7. The van der Waals surface area contributed by atoms with E-state index in [0.717, 1.165) is 38.5 Å². The predicted molar refractivity (Wildman–Crippen MR) is 221 cm³/mol. The van der Waals surface area contributed by atoms with E-state index in [1.54, 1.807) is 0 Å². The van der Waals surface area contributed by atoms with Crippen molar-refractivity contribution in [3.05, 3.63) is 157 Å². The summed E-state index contributed by atoms with van der Waals surface area (Å²) in [6.07, 6.45) is 2.36. The van der Waals surface area contributed by atoms with Crippen LogP contribution in [-0.4, -0.2) is 19.5 Å². The van der Waals surface area contributed by atoms with E-state index in [1.165, 1.54) is 51.2 Å². The van der Waals surface area contributed by atoms with Gasteiger partial charge in [-0.2, -0.15) is 0 Å². The first-order valence-electron chi connectivity index (χ1n) is 18.7. The Balaban J connectivity index is 1.22. The minimum Gasteiger partial charge on any atom is -0.309 e. The van der Waals surface area contributed by atoms with E-state index in [2.05, 4.69) is 160 Å². The maximum Gasteiger partial charge on any atom is 0.164 e. The molecular weight excluding hydrogens is 645 g/mol. The van der Waals surface area contributed by atoms with Crippen molar-refractivity contribution in [2.45, 2.75) is 51.4 Å². The Labute approximate surface area is 309 Å². The lowest BCUT2D eigenvalue weighted by Crippen LogP contribution is -2.33. The SMILES string of the molecule is CC1(C)CCC(C)(C)c2cc3c(cc21)c1ccccc1n3-c1ccc(-c2nc(-c3ccccc3)nc(-c3ccc4ccccc4c3)n2)c2ccccc12. The number of para-hydroxylation sites is 1. The summed E-state index contributed by atoms with van der Waals surface area (Å²) in [5.74, 6) is 1.97. The van der Waals surface area contributed by atoms with Gasteiger partial charge >= 0.3 is 0 Å². The van der Waals surface area contributed by atoms with Crippen molar-refractivity contribution in [2.24, 2.45) is 0 Å². The molecule has 0 radical (unpaired) electrons. The molecule has 1 aliphatic carbocycles. The monoisotopic (exact) mass is 684 g/mol. The number of hydrogen-bond donors (Lipinski definition) is 0. The molecular formula is C49H40N4. The molecule has 4 nitrogen and oxygen atoms in total. The van der Waals surface area contributed by atoms with Crippen LogP contribution in [0.5, 0.6) is 0 Å². The van der Waals surface area contributed by atoms with Gasteiger partial charge in [-0.3, -0.25) is 0 Å². The van der Waals surface area contributed by atoms with Crippen molar-refractivity contribution in [1.29, 1.82) is 0 Å². The Morgan fingerprint density at radius 1 is 0.434 bits per heavy atom. The zero-order valence-corrected chi connectivity index (χ0v) is 30.6. The van der Waals surface area contributed by atoms with Crippen LogP contribution in [-0.2, 0) is 10.8 Å². The van der Waals surface area contributed by atoms with Crippen molar-refractivity contribution in [2.75, 3.05) is 0 Å². The molecule has 0 unspecified atom stereocenters. The summed E-state index contributed by atoms with van der Waals surface area (Å²) >= 11 is 0. The van der Waals surface area contributed by atoms with Gasteiger partial charge in [-0.05, 0) is 87.4 Å².